The van der Waals surface area contributed by atoms with E-state index in [0.717, 1.165) is 25.9 Å². The van der Waals surface area contributed by atoms with Gasteiger partial charge >= 0.3 is 0 Å². The molecule has 25 heavy (non-hydrogen) atoms. The molecule has 1 aliphatic rings. The van der Waals surface area contributed by atoms with Crippen LogP contribution in [-0.4, -0.2) is 50.1 Å². The Morgan fingerprint density at radius 1 is 1.28 bits per heavy atom. The van der Waals surface area contributed by atoms with E-state index in [0.29, 0.717) is 34.6 Å². The highest BCUT2D eigenvalue weighted by molar-refractivity contribution is 6.32. The lowest BCUT2D eigenvalue weighted by Crippen LogP contribution is -2.38. The molecule has 0 aromatic heterocycles. The maximum atomic E-state index is 12.3. The van der Waals surface area contributed by atoms with Crippen LogP contribution in [0.2, 0.25) is 5.02 Å². The Bertz CT molecular complexity index is 628. The summed E-state index contributed by atoms with van der Waals surface area (Å²) in [7, 11) is 1.49. The van der Waals surface area contributed by atoms with Gasteiger partial charge in [-0.3, -0.25) is 9.59 Å². The highest BCUT2D eigenvalue weighted by Crippen LogP contribution is 2.36. The Hall–Kier alpha value is -1.95. The Balaban J connectivity index is 2.03. The molecule has 0 saturated carbocycles. The number of halogens is 1. The first kappa shape index (κ1) is 19.4. The minimum atomic E-state index is -0.372. The van der Waals surface area contributed by atoms with Crippen LogP contribution in [0, 0.1) is 5.92 Å². The van der Waals surface area contributed by atoms with Gasteiger partial charge in [-0.05, 0) is 30.9 Å². The highest BCUT2D eigenvalue weighted by atomic mass is 35.5. The van der Waals surface area contributed by atoms with Crippen LogP contribution in [0.15, 0.2) is 12.1 Å². The first-order valence-electron chi connectivity index (χ1n) is 8.48. The number of carbonyl (C=O) groups excluding carboxylic acids is 2. The van der Waals surface area contributed by atoms with E-state index in [1.54, 1.807) is 11.0 Å². The van der Waals surface area contributed by atoms with Gasteiger partial charge in [-0.2, -0.15) is 0 Å². The third-order valence-electron chi connectivity index (χ3n) is 3.91. The lowest BCUT2D eigenvalue weighted by molar-refractivity contribution is -0.129. The van der Waals surface area contributed by atoms with Crippen molar-refractivity contribution in [3.05, 3.63) is 22.7 Å². The second kappa shape index (κ2) is 8.94. The van der Waals surface area contributed by atoms with E-state index < -0.39 is 0 Å². The molecule has 1 N–H and O–H groups in total. The monoisotopic (exact) mass is 368 g/mol. The zero-order chi connectivity index (χ0) is 18.4. The predicted octanol–water partition coefficient (Wildman–Crippen LogP) is 2.74. The number of carbonyl (C=O) groups is 2. The van der Waals surface area contributed by atoms with Crippen molar-refractivity contribution in [3.8, 4) is 11.5 Å². The highest BCUT2D eigenvalue weighted by Gasteiger charge is 2.20. The molecule has 0 spiro atoms. The topological polar surface area (TPSA) is 67.9 Å². The molecule has 1 aromatic rings. The summed E-state index contributed by atoms with van der Waals surface area (Å²) in [6.45, 7) is 6.04. The molecule has 6 nitrogen and oxygen atoms in total. The maximum absolute atomic E-state index is 12.3. The Kier molecular flexibility index (Phi) is 6.93. The van der Waals surface area contributed by atoms with Gasteiger partial charge < -0.3 is 19.7 Å². The number of methoxy groups -OCH3 is 1. The van der Waals surface area contributed by atoms with Crippen LogP contribution < -0.4 is 14.8 Å². The van der Waals surface area contributed by atoms with Crippen molar-refractivity contribution >= 4 is 23.4 Å². The minimum Gasteiger partial charge on any atom is -0.493 e. The smallest absolute Gasteiger partial charge is 0.251 e. The molecule has 2 amide bonds. The molecular weight excluding hydrogens is 344 g/mol. The molecule has 1 aliphatic heterocycles. The van der Waals surface area contributed by atoms with Gasteiger partial charge in [0.1, 0.15) is 0 Å². The zero-order valence-electron chi connectivity index (χ0n) is 14.9. The third kappa shape index (κ3) is 5.26. The molecule has 1 saturated heterocycles. The molecule has 1 aromatic carbocycles. The lowest BCUT2D eigenvalue weighted by Gasteiger charge is -2.17. The number of rotatable bonds is 7. The number of hydrogen-bond donors (Lipinski definition) is 1. The summed E-state index contributed by atoms with van der Waals surface area (Å²) >= 11 is 6.25. The van der Waals surface area contributed by atoms with Crippen LogP contribution in [0.3, 0.4) is 0 Å². The van der Waals surface area contributed by atoms with Crippen LogP contribution in [0.5, 0.6) is 11.5 Å². The van der Waals surface area contributed by atoms with E-state index in [-0.39, 0.29) is 18.4 Å². The number of hydrogen-bond acceptors (Lipinski definition) is 4. The number of benzene rings is 1. The van der Waals surface area contributed by atoms with Crippen molar-refractivity contribution in [2.75, 3.05) is 33.4 Å². The van der Waals surface area contributed by atoms with Crippen LogP contribution in [0.1, 0.15) is 37.0 Å². The quantitative estimate of drug-likeness (QED) is 0.803. The molecule has 7 heteroatoms. The van der Waals surface area contributed by atoms with Gasteiger partial charge in [-0.1, -0.05) is 25.4 Å². The van der Waals surface area contributed by atoms with Crippen molar-refractivity contribution < 1.29 is 19.1 Å². The number of amides is 2. The standard InChI is InChI=1S/C18H25ClN2O4/c1-12(2)11-25-17-14(19)8-13(9-15(17)24-3)18(23)20-10-16(22)21-6-4-5-7-21/h8-9,12H,4-7,10-11H2,1-3H3,(H,20,23). The molecule has 1 fully saturated rings. The van der Waals surface area contributed by atoms with E-state index >= 15 is 0 Å². The largest absolute Gasteiger partial charge is 0.493 e. The van der Waals surface area contributed by atoms with E-state index in [4.69, 9.17) is 21.1 Å². The van der Waals surface area contributed by atoms with Crippen LogP contribution >= 0.6 is 11.6 Å². The summed E-state index contributed by atoms with van der Waals surface area (Å²) in [5.41, 5.74) is 0.327. The van der Waals surface area contributed by atoms with E-state index in [1.165, 1.54) is 13.2 Å². The third-order valence-corrected chi connectivity index (χ3v) is 4.19. The summed E-state index contributed by atoms with van der Waals surface area (Å²) in [6, 6.07) is 3.09. The fourth-order valence-electron chi connectivity index (χ4n) is 2.58. The summed E-state index contributed by atoms with van der Waals surface area (Å²) in [4.78, 5) is 26.1. The molecule has 0 unspecified atom stereocenters. The molecule has 0 radical (unpaired) electrons. The molecule has 0 aliphatic carbocycles. The van der Waals surface area contributed by atoms with Crippen molar-refractivity contribution in [1.29, 1.82) is 0 Å². The van der Waals surface area contributed by atoms with E-state index in [2.05, 4.69) is 5.32 Å². The predicted molar refractivity (Wildman–Crippen MR) is 96.5 cm³/mol. The first-order valence-corrected chi connectivity index (χ1v) is 8.86. The lowest BCUT2D eigenvalue weighted by atomic mass is 10.1. The number of likely N-dealkylation sites (tertiary alicyclic amines) is 1. The minimum absolute atomic E-state index is 0.0234. The Morgan fingerprint density at radius 2 is 1.96 bits per heavy atom. The van der Waals surface area contributed by atoms with Gasteiger partial charge in [-0.15, -0.1) is 0 Å². The number of nitrogens with zero attached hydrogens (tertiary/aromatic N) is 1. The zero-order valence-corrected chi connectivity index (χ0v) is 15.7. The Morgan fingerprint density at radius 3 is 2.56 bits per heavy atom. The molecule has 0 atom stereocenters. The fourth-order valence-corrected chi connectivity index (χ4v) is 2.84. The van der Waals surface area contributed by atoms with Gasteiger partial charge in [0.05, 0.1) is 25.3 Å². The summed E-state index contributed by atoms with van der Waals surface area (Å²) in [5.74, 6) is 0.705. The average Bonchev–Trinajstić information content (AvgIpc) is 3.12. The van der Waals surface area contributed by atoms with Crippen molar-refractivity contribution in [3.63, 3.8) is 0 Å². The van der Waals surface area contributed by atoms with Gasteiger partial charge in [-0.25, -0.2) is 0 Å². The van der Waals surface area contributed by atoms with Gasteiger partial charge in [0, 0.05) is 18.7 Å². The summed E-state index contributed by atoms with van der Waals surface area (Å²) < 4.78 is 11.0. The average molecular weight is 369 g/mol. The molecule has 138 valence electrons. The van der Waals surface area contributed by atoms with Crippen LogP contribution in [0.4, 0.5) is 0 Å². The SMILES string of the molecule is COc1cc(C(=O)NCC(=O)N2CCCC2)cc(Cl)c1OCC(C)C. The summed E-state index contributed by atoms with van der Waals surface area (Å²) in [6.07, 6.45) is 2.04. The number of ether oxygens (including phenoxy) is 2. The molecular formula is C18H25ClN2O4. The first-order chi connectivity index (χ1) is 11.9. The van der Waals surface area contributed by atoms with Crippen LogP contribution in [0.25, 0.3) is 0 Å². The van der Waals surface area contributed by atoms with Gasteiger partial charge in [0.2, 0.25) is 5.91 Å². The van der Waals surface area contributed by atoms with Crippen molar-refractivity contribution in [1.82, 2.24) is 10.2 Å². The molecule has 2 rings (SSSR count). The second-order valence-electron chi connectivity index (χ2n) is 6.46. The Labute approximate surface area is 153 Å². The van der Waals surface area contributed by atoms with Gasteiger partial charge in [0.25, 0.3) is 5.91 Å². The second-order valence-corrected chi connectivity index (χ2v) is 6.87. The summed E-state index contributed by atoms with van der Waals surface area (Å²) in [5, 5.41) is 2.94. The van der Waals surface area contributed by atoms with Crippen LogP contribution in [-0.2, 0) is 4.79 Å². The van der Waals surface area contributed by atoms with Gasteiger partial charge in [0.15, 0.2) is 11.5 Å². The maximum Gasteiger partial charge on any atom is 0.251 e. The van der Waals surface area contributed by atoms with E-state index in [9.17, 15) is 9.59 Å². The molecule has 0 bridgehead atoms. The molecule has 1 heterocycles. The van der Waals surface area contributed by atoms with E-state index in [1.807, 2.05) is 13.8 Å². The number of nitrogens with one attached hydrogen (secondary N) is 1. The fraction of sp³-hybridized carbons (Fsp3) is 0.556. The van der Waals surface area contributed by atoms with Crippen molar-refractivity contribution in [2.45, 2.75) is 26.7 Å². The normalized spacial score (nSPS) is 13.9. The van der Waals surface area contributed by atoms with Crippen molar-refractivity contribution in [2.24, 2.45) is 5.92 Å².